The maximum Gasteiger partial charge on any atom is 0.217 e. The molecule has 0 saturated heterocycles. The van der Waals surface area contributed by atoms with Crippen molar-refractivity contribution in [3.63, 3.8) is 0 Å². The first-order valence-corrected chi connectivity index (χ1v) is 6.89. The Balaban J connectivity index is 0. The molecule has 0 bridgehead atoms. The van der Waals surface area contributed by atoms with Gasteiger partial charge in [-0.05, 0) is 25.8 Å². The number of carbonyl (C=O) groups excluding carboxylic acids is 2. The maximum absolute atomic E-state index is 11.3. The molecule has 3 heteroatoms. The number of carbonyl (C=O) groups is 2. The number of hydrogen-bond acceptors (Lipinski definition) is 2. The highest BCUT2D eigenvalue weighted by Gasteiger charge is 2.15. The second-order valence-electron chi connectivity index (χ2n) is 3.96. The van der Waals surface area contributed by atoms with Crippen LogP contribution in [0.5, 0.6) is 0 Å². The van der Waals surface area contributed by atoms with Gasteiger partial charge >= 0.3 is 0 Å². The van der Waals surface area contributed by atoms with E-state index >= 15 is 0 Å². The third kappa shape index (κ3) is 11.2. The normalized spacial score (nSPS) is 9.85. The molecule has 0 spiro atoms. The van der Waals surface area contributed by atoms with Crippen LogP contribution in [0, 0.1) is 0 Å². The molecule has 1 amide bonds. The van der Waals surface area contributed by atoms with E-state index in [-0.39, 0.29) is 11.7 Å². The molecule has 0 aliphatic rings. The number of Topliss-reactive ketones (excluding diaryl/α,β-unsaturated/α-hetero) is 1. The molecule has 112 valence electrons. The van der Waals surface area contributed by atoms with Crippen LogP contribution in [-0.2, 0) is 16.0 Å². The van der Waals surface area contributed by atoms with E-state index in [9.17, 15) is 9.59 Å². The van der Waals surface area contributed by atoms with E-state index < -0.39 is 6.04 Å². The fraction of sp³-hybridized carbons (Fsp3) is 0.412. The predicted octanol–water partition coefficient (Wildman–Crippen LogP) is 3.54. The SMILES string of the molecule is C=CC.CC.CC(=O)N[C@@H](Cc1ccccc1)C(C)=O. The lowest BCUT2D eigenvalue weighted by atomic mass is 10.0. The molecular formula is C17H27NO2. The second kappa shape index (κ2) is 13.5. The molecule has 0 aliphatic carbocycles. The van der Waals surface area contributed by atoms with Crippen LogP contribution >= 0.6 is 0 Å². The molecule has 0 unspecified atom stereocenters. The molecule has 0 fully saturated rings. The maximum atomic E-state index is 11.3. The van der Waals surface area contributed by atoms with Crippen molar-refractivity contribution in [1.29, 1.82) is 0 Å². The molecule has 1 aromatic rings. The average molecular weight is 277 g/mol. The molecule has 1 atom stereocenters. The highest BCUT2D eigenvalue weighted by atomic mass is 16.2. The van der Waals surface area contributed by atoms with Crippen molar-refractivity contribution in [2.45, 2.75) is 47.1 Å². The van der Waals surface area contributed by atoms with Gasteiger partial charge < -0.3 is 5.32 Å². The van der Waals surface area contributed by atoms with Crippen LogP contribution in [0.25, 0.3) is 0 Å². The summed E-state index contributed by atoms with van der Waals surface area (Å²) in [4.78, 5) is 22.2. The third-order valence-corrected chi connectivity index (χ3v) is 2.15. The van der Waals surface area contributed by atoms with Gasteiger partial charge in [0.05, 0.1) is 6.04 Å². The topological polar surface area (TPSA) is 46.2 Å². The van der Waals surface area contributed by atoms with Crippen LogP contribution in [0.3, 0.4) is 0 Å². The van der Waals surface area contributed by atoms with Gasteiger partial charge in [-0.3, -0.25) is 9.59 Å². The van der Waals surface area contributed by atoms with Gasteiger partial charge in [0, 0.05) is 6.92 Å². The first-order valence-electron chi connectivity index (χ1n) is 6.89. The molecule has 0 radical (unpaired) electrons. The Kier molecular flexibility index (Phi) is 13.8. The lowest BCUT2D eigenvalue weighted by Crippen LogP contribution is -2.40. The summed E-state index contributed by atoms with van der Waals surface area (Å²) in [5.74, 6) is -0.194. The summed E-state index contributed by atoms with van der Waals surface area (Å²) in [6, 6.07) is 9.23. The van der Waals surface area contributed by atoms with Crippen molar-refractivity contribution in [3.05, 3.63) is 48.6 Å². The summed E-state index contributed by atoms with van der Waals surface area (Å²) in [5, 5.41) is 2.64. The summed E-state index contributed by atoms with van der Waals surface area (Å²) < 4.78 is 0. The minimum atomic E-state index is -0.412. The molecule has 1 aromatic carbocycles. The summed E-state index contributed by atoms with van der Waals surface area (Å²) >= 11 is 0. The van der Waals surface area contributed by atoms with Gasteiger partial charge in [0.1, 0.15) is 0 Å². The van der Waals surface area contributed by atoms with Crippen molar-refractivity contribution in [2.24, 2.45) is 0 Å². The van der Waals surface area contributed by atoms with E-state index in [4.69, 9.17) is 0 Å². The third-order valence-electron chi connectivity index (χ3n) is 2.15. The Morgan fingerprint density at radius 2 is 1.65 bits per heavy atom. The van der Waals surface area contributed by atoms with Gasteiger partial charge in [0.2, 0.25) is 5.91 Å². The second-order valence-corrected chi connectivity index (χ2v) is 3.96. The molecule has 0 aromatic heterocycles. The number of hydrogen-bond donors (Lipinski definition) is 1. The smallest absolute Gasteiger partial charge is 0.217 e. The quantitative estimate of drug-likeness (QED) is 0.856. The van der Waals surface area contributed by atoms with E-state index in [1.165, 1.54) is 13.8 Å². The fourth-order valence-electron chi connectivity index (χ4n) is 1.39. The van der Waals surface area contributed by atoms with E-state index in [2.05, 4.69) is 11.9 Å². The van der Waals surface area contributed by atoms with Gasteiger partial charge in [-0.1, -0.05) is 50.3 Å². The zero-order valence-electron chi connectivity index (χ0n) is 13.3. The Morgan fingerprint density at radius 3 is 2.00 bits per heavy atom. The Bertz CT molecular complexity index is 385. The largest absolute Gasteiger partial charge is 0.346 e. The molecule has 0 saturated carbocycles. The molecular weight excluding hydrogens is 250 g/mol. The predicted molar refractivity (Wildman–Crippen MR) is 85.7 cm³/mol. The monoisotopic (exact) mass is 277 g/mol. The Labute approximate surface area is 123 Å². The van der Waals surface area contributed by atoms with Crippen LogP contribution in [0.1, 0.15) is 40.2 Å². The van der Waals surface area contributed by atoms with Gasteiger partial charge in [-0.15, -0.1) is 6.58 Å². The summed E-state index contributed by atoms with van der Waals surface area (Å²) in [5.41, 5.74) is 1.05. The van der Waals surface area contributed by atoms with E-state index in [1.807, 2.05) is 51.1 Å². The van der Waals surface area contributed by atoms with Crippen LogP contribution in [0.15, 0.2) is 43.0 Å². The van der Waals surface area contributed by atoms with E-state index in [1.54, 1.807) is 6.08 Å². The molecule has 20 heavy (non-hydrogen) atoms. The first-order chi connectivity index (χ1) is 9.51. The fourth-order valence-corrected chi connectivity index (χ4v) is 1.39. The molecule has 0 aliphatic heterocycles. The highest BCUT2D eigenvalue weighted by Crippen LogP contribution is 2.03. The minimum Gasteiger partial charge on any atom is -0.346 e. The van der Waals surface area contributed by atoms with Crippen LogP contribution in [0.2, 0.25) is 0 Å². The minimum absolute atomic E-state index is 0.0194. The zero-order valence-corrected chi connectivity index (χ0v) is 13.3. The number of benzene rings is 1. The van der Waals surface area contributed by atoms with Crippen molar-refractivity contribution < 1.29 is 9.59 Å². The Hall–Kier alpha value is -1.90. The van der Waals surface area contributed by atoms with Crippen LogP contribution < -0.4 is 5.32 Å². The number of allylic oxidation sites excluding steroid dienone is 1. The molecule has 0 heterocycles. The Morgan fingerprint density at radius 1 is 1.20 bits per heavy atom. The summed E-state index contributed by atoms with van der Waals surface area (Å²) in [7, 11) is 0. The number of rotatable bonds is 4. The van der Waals surface area contributed by atoms with Crippen LogP contribution in [-0.4, -0.2) is 17.7 Å². The van der Waals surface area contributed by atoms with Crippen molar-refractivity contribution in [2.75, 3.05) is 0 Å². The van der Waals surface area contributed by atoms with Gasteiger partial charge in [-0.25, -0.2) is 0 Å². The molecule has 1 N–H and O–H groups in total. The van der Waals surface area contributed by atoms with Crippen LogP contribution in [0.4, 0.5) is 0 Å². The number of amides is 1. The summed E-state index contributed by atoms with van der Waals surface area (Å²) in [6.07, 6.45) is 2.30. The summed E-state index contributed by atoms with van der Waals surface area (Å²) in [6.45, 7) is 12.2. The first kappa shape index (κ1) is 20.4. The average Bonchev–Trinajstić information content (AvgIpc) is 2.42. The lowest BCUT2D eigenvalue weighted by molar-refractivity contribution is -0.125. The van der Waals surface area contributed by atoms with Gasteiger partial charge in [-0.2, -0.15) is 0 Å². The molecule has 3 nitrogen and oxygen atoms in total. The molecule has 1 rings (SSSR count). The van der Waals surface area contributed by atoms with Gasteiger partial charge in [0.15, 0.2) is 5.78 Å². The number of ketones is 1. The highest BCUT2D eigenvalue weighted by molar-refractivity contribution is 5.86. The van der Waals surface area contributed by atoms with E-state index in [0.29, 0.717) is 6.42 Å². The van der Waals surface area contributed by atoms with E-state index in [0.717, 1.165) is 5.56 Å². The van der Waals surface area contributed by atoms with Crippen molar-refractivity contribution >= 4 is 11.7 Å². The number of nitrogens with one attached hydrogen (secondary N) is 1. The lowest BCUT2D eigenvalue weighted by Gasteiger charge is -2.14. The van der Waals surface area contributed by atoms with Gasteiger partial charge in [0.25, 0.3) is 0 Å². The standard InChI is InChI=1S/C12H15NO2.C3H6.C2H6/c1-9(14)12(13-10(2)15)8-11-6-4-3-5-7-11;1-3-2;1-2/h3-7,12H,8H2,1-2H3,(H,13,15);3H,1H2,2H3;1-2H3/t12-;;/m0../s1. The van der Waals surface area contributed by atoms with Crippen molar-refractivity contribution in [3.8, 4) is 0 Å². The zero-order chi connectivity index (χ0) is 16.0. The van der Waals surface area contributed by atoms with Crippen molar-refractivity contribution in [1.82, 2.24) is 5.32 Å².